The lowest BCUT2D eigenvalue weighted by molar-refractivity contribution is -0.120. The molecule has 1 rings (SSSR count). The highest BCUT2D eigenvalue weighted by Gasteiger charge is 2.21. The van der Waals surface area contributed by atoms with Gasteiger partial charge in [0.25, 0.3) is 5.91 Å². The Morgan fingerprint density at radius 3 is 2.53 bits per heavy atom. The fraction of sp³-hybridized carbons (Fsp3) is 0.417. The van der Waals surface area contributed by atoms with Crippen molar-refractivity contribution in [2.24, 2.45) is 11.7 Å². The van der Waals surface area contributed by atoms with E-state index < -0.39 is 17.4 Å². The Morgan fingerprint density at radius 1 is 1.41 bits per heavy atom. The predicted molar refractivity (Wildman–Crippen MR) is 68.4 cm³/mol. The standard InChI is InChI=1S/C12H18N2O2S/c1-9(2)8-11(13)12(15)14-17(16)10-6-4-3-5-7-10/h3-7,9,11H,8,13H2,1-2H3,(H,14,15)/t11?,17-/m1/s1. The predicted octanol–water partition coefficient (Wildman–Crippen LogP) is 1.20. The number of rotatable bonds is 5. The summed E-state index contributed by atoms with van der Waals surface area (Å²) >= 11 is -1.53. The Labute approximate surface area is 105 Å². The lowest BCUT2D eigenvalue weighted by Gasteiger charge is -2.15. The number of carbonyl (C=O) groups excluding carboxylic acids is 1. The van der Waals surface area contributed by atoms with Crippen LogP contribution >= 0.6 is 0 Å². The van der Waals surface area contributed by atoms with Crippen LogP contribution in [0.2, 0.25) is 0 Å². The number of carbonyl (C=O) groups is 1. The van der Waals surface area contributed by atoms with Crippen LogP contribution in [-0.4, -0.2) is 16.5 Å². The molecule has 2 atom stereocenters. The second-order valence-electron chi connectivity index (χ2n) is 4.28. The van der Waals surface area contributed by atoms with Gasteiger partial charge in [-0.25, -0.2) is 0 Å². The van der Waals surface area contributed by atoms with Crippen LogP contribution in [0.25, 0.3) is 0 Å². The summed E-state index contributed by atoms with van der Waals surface area (Å²) in [6, 6.07) is 8.16. The van der Waals surface area contributed by atoms with Crippen molar-refractivity contribution >= 4 is 17.3 Å². The third kappa shape index (κ3) is 4.77. The van der Waals surface area contributed by atoms with E-state index >= 15 is 0 Å². The van der Waals surface area contributed by atoms with Gasteiger partial charge in [0.2, 0.25) is 0 Å². The highest BCUT2D eigenvalue weighted by Crippen LogP contribution is 2.08. The molecule has 94 valence electrons. The Balaban J connectivity index is 2.51. The minimum Gasteiger partial charge on any atom is -0.588 e. The molecule has 0 fully saturated rings. The van der Waals surface area contributed by atoms with Gasteiger partial charge < -0.3 is 10.3 Å². The molecule has 0 spiro atoms. The van der Waals surface area contributed by atoms with Crippen LogP contribution in [0.4, 0.5) is 0 Å². The lowest BCUT2D eigenvalue weighted by atomic mass is 10.0. The summed E-state index contributed by atoms with van der Waals surface area (Å²) in [7, 11) is 0. The van der Waals surface area contributed by atoms with Gasteiger partial charge in [-0.15, -0.1) is 0 Å². The lowest BCUT2D eigenvalue weighted by Crippen LogP contribution is -2.43. The van der Waals surface area contributed by atoms with E-state index in [2.05, 4.69) is 4.72 Å². The third-order valence-corrected chi connectivity index (χ3v) is 3.30. The summed E-state index contributed by atoms with van der Waals surface area (Å²) in [5.74, 6) is -0.0400. The van der Waals surface area contributed by atoms with Gasteiger partial charge in [-0.1, -0.05) is 32.0 Å². The molecule has 0 aliphatic rings. The highest BCUT2D eigenvalue weighted by atomic mass is 32.2. The monoisotopic (exact) mass is 254 g/mol. The minimum absolute atomic E-state index is 0.334. The van der Waals surface area contributed by atoms with Gasteiger partial charge in [0.1, 0.15) is 11.4 Å². The SMILES string of the molecule is CC(C)CC(N)C(=O)N[S@+]([O-])c1ccccc1. The van der Waals surface area contributed by atoms with Crippen molar-refractivity contribution in [3.05, 3.63) is 30.3 Å². The molecule has 5 heteroatoms. The zero-order valence-corrected chi connectivity index (χ0v) is 10.9. The average molecular weight is 254 g/mol. The summed E-state index contributed by atoms with van der Waals surface area (Å²) in [6.45, 7) is 3.97. The second kappa shape index (κ2) is 6.64. The van der Waals surface area contributed by atoms with Gasteiger partial charge in [-0.05, 0) is 24.5 Å². The molecule has 0 bridgehead atoms. The molecule has 0 aliphatic heterocycles. The maximum Gasteiger partial charge on any atom is 0.278 e. The Hall–Kier alpha value is -1.04. The summed E-state index contributed by atoms with van der Waals surface area (Å²) < 4.78 is 14.2. The van der Waals surface area contributed by atoms with E-state index in [9.17, 15) is 9.35 Å². The molecular formula is C12H18N2O2S. The molecule has 1 aromatic carbocycles. The maximum atomic E-state index is 11.8. The number of nitrogens with one attached hydrogen (secondary N) is 1. The maximum absolute atomic E-state index is 11.8. The van der Waals surface area contributed by atoms with Crippen molar-refractivity contribution in [3.63, 3.8) is 0 Å². The summed E-state index contributed by atoms with van der Waals surface area (Å²) in [4.78, 5) is 12.2. The second-order valence-corrected chi connectivity index (χ2v) is 5.50. The first kappa shape index (κ1) is 14.0. The summed E-state index contributed by atoms with van der Waals surface area (Å²) in [6.07, 6.45) is 0.581. The molecule has 1 unspecified atom stereocenters. The first-order valence-corrected chi connectivity index (χ1v) is 6.68. The third-order valence-electron chi connectivity index (χ3n) is 2.21. The summed E-state index contributed by atoms with van der Waals surface area (Å²) in [5.41, 5.74) is 5.70. The first-order valence-electron chi connectivity index (χ1n) is 5.53. The van der Waals surface area contributed by atoms with Crippen LogP contribution in [0.5, 0.6) is 0 Å². The van der Waals surface area contributed by atoms with Crippen LogP contribution in [-0.2, 0) is 16.2 Å². The number of amides is 1. The number of hydrogen-bond acceptors (Lipinski definition) is 3. The molecule has 0 heterocycles. The van der Waals surface area contributed by atoms with Gasteiger partial charge in [-0.3, -0.25) is 4.79 Å². The van der Waals surface area contributed by atoms with Gasteiger partial charge in [0.05, 0.1) is 6.04 Å². The molecule has 0 aromatic heterocycles. The van der Waals surface area contributed by atoms with Crippen molar-refractivity contribution in [2.45, 2.75) is 31.2 Å². The summed E-state index contributed by atoms with van der Waals surface area (Å²) in [5, 5.41) is 0. The van der Waals surface area contributed by atoms with E-state index in [1.807, 2.05) is 19.9 Å². The molecule has 4 nitrogen and oxygen atoms in total. The van der Waals surface area contributed by atoms with Crippen LogP contribution in [0.15, 0.2) is 35.2 Å². The van der Waals surface area contributed by atoms with Crippen LogP contribution in [0, 0.1) is 5.92 Å². The molecule has 0 saturated heterocycles. The normalized spacial score (nSPS) is 14.4. The average Bonchev–Trinajstić information content (AvgIpc) is 2.29. The minimum atomic E-state index is -1.53. The molecule has 0 radical (unpaired) electrons. The van der Waals surface area contributed by atoms with E-state index in [0.29, 0.717) is 17.2 Å². The molecule has 1 amide bonds. The number of benzene rings is 1. The molecular weight excluding hydrogens is 236 g/mol. The van der Waals surface area contributed by atoms with Crippen LogP contribution < -0.4 is 10.5 Å². The molecule has 1 aromatic rings. The van der Waals surface area contributed by atoms with Gasteiger partial charge >= 0.3 is 0 Å². The van der Waals surface area contributed by atoms with Crippen molar-refractivity contribution < 1.29 is 9.35 Å². The zero-order valence-electron chi connectivity index (χ0n) is 10.1. The molecule has 0 saturated carbocycles. The largest absolute Gasteiger partial charge is 0.588 e. The quantitative estimate of drug-likeness (QED) is 0.775. The Bertz CT molecular complexity index is 357. The van der Waals surface area contributed by atoms with E-state index in [-0.39, 0.29) is 5.91 Å². The van der Waals surface area contributed by atoms with Crippen LogP contribution in [0.3, 0.4) is 0 Å². The molecule has 3 N–H and O–H groups in total. The van der Waals surface area contributed by atoms with Crippen molar-refractivity contribution in [2.75, 3.05) is 0 Å². The fourth-order valence-electron chi connectivity index (χ4n) is 1.38. The highest BCUT2D eigenvalue weighted by molar-refractivity contribution is 7.90. The number of hydrogen-bond donors (Lipinski definition) is 2. The van der Waals surface area contributed by atoms with E-state index in [1.54, 1.807) is 24.3 Å². The van der Waals surface area contributed by atoms with Crippen molar-refractivity contribution in [3.8, 4) is 0 Å². The van der Waals surface area contributed by atoms with Gasteiger partial charge in [0, 0.05) is 0 Å². The smallest absolute Gasteiger partial charge is 0.278 e. The van der Waals surface area contributed by atoms with Crippen molar-refractivity contribution in [1.29, 1.82) is 0 Å². The van der Waals surface area contributed by atoms with Crippen LogP contribution in [0.1, 0.15) is 20.3 Å². The molecule has 0 aliphatic carbocycles. The topological polar surface area (TPSA) is 78.2 Å². The van der Waals surface area contributed by atoms with E-state index in [0.717, 1.165) is 0 Å². The van der Waals surface area contributed by atoms with E-state index in [1.165, 1.54) is 0 Å². The Morgan fingerprint density at radius 2 is 2.00 bits per heavy atom. The Kier molecular flexibility index (Phi) is 5.47. The van der Waals surface area contributed by atoms with Gasteiger partial charge in [0.15, 0.2) is 4.90 Å². The first-order chi connectivity index (χ1) is 8.00. The van der Waals surface area contributed by atoms with Gasteiger partial charge in [-0.2, -0.15) is 4.72 Å². The zero-order chi connectivity index (χ0) is 12.8. The number of nitrogens with two attached hydrogens (primary N) is 1. The van der Waals surface area contributed by atoms with E-state index in [4.69, 9.17) is 5.73 Å². The fourth-order valence-corrected chi connectivity index (χ4v) is 2.24. The van der Waals surface area contributed by atoms with Crippen molar-refractivity contribution in [1.82, 2.24) is 4.72 Å². The molecule has 17 heavy (non-hydrogen) atoms.